The van der Waals surface area contributed by atoms with Crippen molar-refractivity contribution < 1.29 is 14.0 Å². The lowest BCUT2D eigenvalue weighted by atomic mass is 10.2. The molecule has 2 N–H and O–H groups in total. The number of benzene rings is 1. The van der Waals surface area contributed by atoms with Crippen LogP contribution in [-0.2, 0) is 9.59 Å². The van der Waals surface area contributed by atoms with Gasteiger partial charge in [-0.25, -0.2) is 4.39 Å². The smallest absolute Gasteiger partial charge is 0.268 e. The largest absolute Gasteiger partial charge is 0.342 e. The second kappa shape index (κ2) is 5.27. The van der Waals surface area contributed by atoms with Gasteiger partial charge in [-0.3, -0.25) is 9.59 Å². The molecule has 1 aliphatic rings. The van der Waals surface area contributed by atoms with Crippen LogP contribution in [0.3, 0.4) is 0 Å². The summed E-state index contributed by atoms with van der Waals surface area (Å²) < 4.78 is 12.9. The van der Waals surface area contributed by atoms with Gasteiger partial charge in [0.15, 0.2) is 0 Å². The Morgan fingerprint density at radius 1 is 1.28 bits per heavy atom. The minimum atomic E-state index is -0.335. The molecule has 0 radical (unpaired) electrons. The van der Waals surface area contributed by atoms with Crippen molar-refractivity contribution in [3.8, 4) is 0 Å². The van der Waals surface area contributed by atoms with Crippen LogP contribution in [0.2, 0.25) is 0 Å². The van der Waals surface area contributed by atoms with Gasteiger partial charge in [-0.15, -0.1) is 0 Å². The maximum absolute atomic E-state index is 12.9. The van der Waals surface area contributed by atoms with Gasteiger partial charge >= 0.3 is 0 Å². The predicted molar refractivity (Wildman–Crippen MR) is 64.7 cm³/mol. The predicted octanol–water partition coefficient (Wildman–Crippen LogP) is 0.969. The Kier molecular flexibility index (Phi) is 3.52. The van der Waals surface area contributed by atoms with E-state index in [0.717, 1.165) is 0 Å². The fourth-order valence-corrected chi connectivity index (χ4v) is 1.49. The van der Waals surface area contributed by atoms with Crippen LogP contribution in [0.25, 0.3) is 6.08 Å². The number of carbonyl (C=O) groups is 2. The van der Waals surface area contributed by atoms with Gasteiger partial charge in [0.25, 0.3) is 5.91 Å². The minimum Gasteiger partial charge on any atom is -0.342 e. The molecular formula is C13H11FN2O2. The third-order valence-electron chi connectivity index (χ3n) is 2.33. The Labute approximate surface area is 103 Å². The van der Waals surface area contributed by atoms with Crippen LogP contribution in [0.5, 0.6) is 0 Å². The zero-order chi connectivity index (χ0) is 13.0. The fourth-order valence-electron chi connectivity index (χ4n) is 1.49. The molecule has 0 atom stereocenters. The Bertz CT molecular complexity index is 550. The highest BCUT2D eigenvalue weighted by molar-refractivity contribution is 6.03. The van der Waals surface area contributed by atoms with Crippen molar-refractivity contribution in [2.45, 2.75) is 0 Å². The van der Waals surface area contributed by atoms with Gasteiger partial charge < -0.3 is 10.6 Å². The van der Waals surface area contributed by atoms with E-state index >= 15 is 0 Å². The molecule has 0 unspecified atom stereocenters. The Hall–Kier alpha value is -2.43. The monoisotopic (exact) mass is 246 g/mol. The van der Waals surface area contributed by atoms with Gasteiger partial charge in [-0.2, -0.15) is 0 Å². The van der Waals surface area contributed by atoms with Crippen LogP contribution in [0.1, 0.15) is 5.56 Å². The van der Waals surface area contributed by atoms with Gasteiger partial charge in [0.1, 0.15) is 11.5 Å². The zero-order valence-electron chi connectivity index (χ0n) is 9.44. The molecule has 0 spiro atoms. The van der Waals surface area contributed by atoms with E-state index in [4.69, 9.17) is 0 Å². The molecule has 2 amide bonds. The van der Waals surface area contributed by atoms with E-state index in [-0.39, 0.29) is 29.9 Å². The van der Waals surface area contributed by atoms with Crippen molar-refractivity contribution in [3.63, 3.8) is 0 Å². The number of hydrogen-bond acceptors (Lipinski definition) is 2. The lowest BCUT2D eigenvalue weighted by molar-refractivity contribution is -0.127. The van der Waals surface area contributed by atoms with E-state index in [2.05, 4.69) is 10.6 Å². The van der Waals surface area contributed by atoms with Crippen molar-refractivity contribution in [2.24, 2.45) is 0 Å². The third kappa shape index (κ3) is 3.04. The second-order valence-corrected chi connectivity index (χ2v) is 3.73. The average Bonchev–Trinajstić information content (AvgIpc) is 2.34. The van der Waals surface area contributed by atoms with Crippen LogP contribution < -0.4 is 10.6 Å². The van der Waals surface area contributed by atoms with E-state index in [1.807, 2.05) is 0 Å². The third-order valence-corrected chi connectivity index (χ3v) is 2.33. The van der Waals surface area contributed by atoms with Gasteiger partial charge in [-0.1, -0.05) is 24.3 Å². The van der Waals surface area contributed by atoms with Crippen LogP contribution in [-0.4, -0.2) is 18.4 Å². The summed E-state index contributed by atoms with van der Waals surface area (Å²) in [5, 5.41) is 4.88. The second-order valence-electron chi connectivity index (χ2n) is 3.73. The molecule has 1 heterocycles. The SMILES string of the molecule is O=C1CNC(=O)/C(=C\C=C\c2cccc(F)c2)N1. The van der Waals surface area contributed by atoms with Crippen molar-refractivity contribution >= 4 is 17.9 Å². The van der Waals surface area contributed by atoms with Crippen molar-refractivity contribution in [1.82, 2.24) is 10.6 Å². The molecular weight excluding hydrogens is 235 g/mol. The maximum atomic E-state index is 12.9. The molecule has 0 saturated carbocycles. The quantitative estimate of drug-likeness (QED) is 0.764. The highest BCUT2D eigenvalue weighted by Gasteiger charge is 2.18. The number of hydrogen-bond donors (Lipinski definition) is 2. The lowest BCUT2D eigenvalue weighted by Crippen LogP contribution is -2.46. The van der Waals surface area contributed by atoms with Crippen LogP contribution in [0.4, 0.5) is 4.39 Å². The summed E-state index contributed by atoms with van der Waals surface area (Å²) in [6, 6.07) is 6.05. The molecule has 0 aromatic heterocycles. The number of nitrogens with one attached hydrogen (secondary N) is 2. The van der Waals surface area contributed by atoms with E-state index in [1.54, 1.807) is 24.3 Å². The van der Waals surface area contributed by atoms with Crippen molar-refractivity contribution in [3.05, 3.63) is 53.5 Å². The van der Waals surface area contributed by atoms with Gasteiger partial charge in [-0.05, 0) is 23.8 Å². The standard InChI is InChI=1S/C13H11FN2O2/c14-10-5-1-3-9(7-10)4-2-6-11-13(18)15-8-12(17)16-11/h1-7H,8H2,(H,15,18)(H,16,17)/b4-2+,11-6+. The number of piperazine rings is 1. The highest BCUT2D eigenvalue weighted by atomic mass is 19.1. The van der Waals surface area contributed by atoms with E-state index in [0.29, 0.717) is 5.56 Å². The summed E-state index contributed by atoms with van der Waals surface area (Å²) in [4.78, 5) is 22.4. The molecule has 1 aromatic rings. The molecule has 0 aliphatic carbocycles. The molecule has 1 aliphatic heterocycles. The van der Waals surface area contributed by atoms with Crippen LogP contribution in [0.15, 0.2) is 42.1 Å². The minimum absolute atomic E-state index is 0.0101. The molecule has 1 saturated heterocycles. The number of allylic oxidation sites excluding steroid dienone is 2. The average molecular weight is 246 g/mol. The van der Waals surface area contributed by atoms with E-state index < -0.39 is 0 Å². The molecule has 1 fully saturated rings. The first-order valence-corrected chi connectivity index (χ1v) is 5.37. The van der Waals surface area contributed by atoms with Crippen molar-refractivity contribution in [2.75, 3.05) is 6.54 Å². The molecule has 5 heteroatoms. The molecule has 92 valence electrons. The molecule has 1 aromatic carbocycles. The first-order valence-electron chi connectivity index (χ1n) is 5.37. The number of amides is 2. The first kappa shape index (κ1) is 12.0. The Balaban J connectivity index is 2.09. The molecule has 2 rings (SSSR count). The van der Waals surface area contributed by atoms with Gasteiger partial charge in [0, 0.05) is 0 Å². The number of halogens is 1. The summed E-state index contributed by atoms with van der Waals surface area (Å²) in [6.07, 6.45) is 4.69. The first-order chi connectivity index (χ1) is 8.65. The van der Waals surface area contributed by atoms with Crippen molar-refractivity contribution in [1.29, 1.82) is 0 Å². The van der Waals surface area contributed by atoms with Gasteiger partial charge in [0.05, 0.1) is 6.54 Å². The Morgan fingerprint density at radius 2 is 2.11 bits per heavy atom. The topological polar surface area (TPSA) is 58.2 Å². The molecule has 18 heavy (non-hydrogen) atoms. The molecule has 0 bridgehead atoms. The Morgan fingerprint density at radius 3 is 2.89 bits per heavy atom. The lowest BCUT2D eigenvalue weighted by Gasteiger charge is -2.15. The van der Waals surface area contributed by atoms with Crippen LogP contribution in [0, 0.1) is 5.82 Å². The van der Waals surface area contributed by atoms with Crippen LogP contribution >= 0.6 is 0 Å². The van der Waals surface area contributed by atoms with E-state index in [9.17, 15) is 14.0 Å². The maximum Gasteiger partial charge on any atom is 0.268 e. The number of carbonyl (C=O) groups excluding carboxylic acids is 2. The van der Waals surface area contributed by atoms with E-state index in [1.165, 1.54) is 18.2 Å². The summed E-state index contributed by atoms with van der Waals surface area (Å²) in [5.41, 5.74) is 0.855. The molecule has 4 nitrogen and oxygen atoms in total. The normalized spacial score (nSPS) is 17.9. The summed E-state index contributed by atoms with van der Waals surface area (Å²) in [6.45, 7) is -0.0101. The summed E-state index contributed by atoms with van der Waals surface area (Å²) in [7, 11) is 0. The summed E-state index contributed by atoms with van der Waals surface area (Å²) in [5.74, 6) is -0.924. The zero-order valence-corrected chi connectivity index (χ0v) is 9.44. The highest BCUT2D eigenvalue weighted by Crippen LogP contribution is 2.06. The fraction of sp³-hybridized carbons (Fsp3) is 0.0769. The van der Waals surface area contributed by atoms with Gasteiger partial charge in [0.2, 0.25) is 5.91 Å². The summed E-state index contributed by atoms with van der Waals surface area (Å²) >= 11 is 0. The number of rotatable bonds is 2.